The maximum absolute atomic E-state index is 13.3. The lowest BCUT2D eigenvalue weighted by atomic mass is 10.2. The Hall–Kier alpha value is -2.44. The Morgan fingerprint density at radius 1 is 1.19 bits per heavy atom. The van der Waals surface area contributed by atoms with Crippen LogP contribution in [0.4, 0.5) is 10.1 Å². The second-order valence-corrected chi connectivity index (χ2v) is 7.38. The molecule has 2 aromatic rings. The molecule has 1 atom stereocenters. The van der Waals surface area contributed by atoms with E-state index in [4.69, 9.17) is 4.74 Å². The van der Waals surface area contributed by atoms with E-state index in [1.807, 2.05) is 30.3 Å². The van der Waals surface area contributed by atoms with Gasteiger partial charge in [0.2, 0.25) is 0 Å². The van der Waals surface area contributed by atoms with Crippen molar-refractivity contribution in [3.8, 4) is 0 Å². The van der Waals surface area contributed by atoms with Crippen LogP contribution in [0.15, 0.2) is 65.3 Å². The van der Waals surface area contributed by atoms with Crippen molar-refractivity contribution in [1.82, 2.24) is 0 Å². The first-order chi connectivity index (χ1) is 13.2. The fourth-order valence-electron chi connectivity index (χ4n) is 3.06. The number of carbonyl (C=O) groups is 1. The number of amides is 1. The molecule has 2 aromatic carbocycles. The molecule has 4 nitrogen and oxygen atoms in total. The molecule has 0 aliphatic carbocycles. The summed E-state index contributed by atoms with van der Waals surface area (Å²) in [4.78, 5) is 19.1. The van der Waals surface area contributed by atoms with Gasteiger partial charge in [0.15, 0.2) is 5.17 Å². The minimum atomic E-state index is -0.337. The maximum atomic E-state index is 13.3. The van der Waals surface area contributed by atoms with Gasteiger partial charge < -0.3 is 4.74 Å². The summed E-state index contributed by atoms with van der Waals surface area (Å²) in [7, 11) is 0. The normalized spacial score (nSPS) is 21.1. The molecule has 1 saturated heterocycles. The molecule has 0 radical (unpaired) electrons. The monoisotopic (exact) mass is 382 g/mol. The minimum absolute atomic E-state index is 0.185. The first-order valence-corrected chi connectivity index (χ1v) is 9.89. The zero-order chi connectivity index (χ0) is 18.6. The molecule has 27 heavy (non-hydrogen) atoms. The third kappa shape index (κ3) is 4.12. The van der Waals surface area contributed by atoms with E-state index in [-0.39, 0.29) is 17.8 Å². The van der Waals surface area contributed by atoms with E-state index in [1.54, 1.807) is 23.1 Å². The van der Waals surface area contributed by atoms with Crippen molar-refractivity contribution in [2.24, 2.45) is 4.99 Å². The average molecular weight is 382 g/mol. The van der Waals surface area contributed by atoms with Crippen LogP contribution in [-0.2, 0) is 9.53 Å². The van der Waals surface area contributed by atoms with Gasteiger partial charge in [-0.15, -0.1) is 0 Å². The molecule has 0 unspecified atom stereocenters. The number of nitrogens with zero attached hydrogens (tertiary/aromatic N) is 2. The van der Waals surface area contributed by atoms with Crippen LogP contribution in [0.25, 0.3) is 6.08 Å². The summed E-state index contributed by atoms with van der Waals surface area (Å²) < 4.78 is 19.0. The van der Waals surface area contributed by atoms with Gasteiger partial charge in [0.1, 0.15) is 11.5 Å². The molecule has 1 amide bonds. The standard InChI is InChI=1S/C21H19FN2O2S/c22-16-8-10-17(11-9-16)24-20(25)19(13-15-5-2-1-3-6-15)23-21(24)27-14-18-7-4-12-26-18/h1-3,5-6,8-11,13,18H,4,7,12,14H2/b19-13+/t18-/m0/s1. The summed E-state index contributed by atoms with van der Waals surface area (Å²) in [6, 6.07) is 15.5. The number of thioether (sulfide) groups is 1. The Balaban J connectivity index is 1.62. The van der Waals surface area contributed by atoms with Crippen molar-refractivity contribution in [2.45, 2.75) is 18.9 Å². The SMILES string of the molecule is O=C1/C(=C\c2ccccc2)N=C(SC[C@@H]2CCCO2)N1c1ccc(F)cc1. The van der Waals surface area contributed by atoms with E-state index in [9.17, 15) is 9.18 Å². The number of hydrogen-bond acceptors (Lipinski definition) is 4. The summed E-state index contributed by atoms with van der Waals surface area (Å²) in [6.07, 6.45) is 4.05. The van der Waals surface area contributed by atoms with Gasteiger partial charge in [-0.2, -0.15) is 0 Å². The molecule has 138 valence electrons. The highest BCUT2D eigenvalue weighted by molar-refractivity contribution is 8.14. The number of ether oxygens (including phenoxy) is 1. The quantitative estimate of drug-likeness (QED) is 0.732. The molecular weight excluding hydrogens is 363 g/mol. The zero-order valence-corrected chi connectivity index (χ0v) is 15.5. The number of amidine groups is 1. The Kier molecular flexibility index (Phi) is 5.36. The summed E-state index contributed by atoms with van der Waals surface area (Å²) in [6.45, 7) is 0.789. The first-order valence-electron chi connectivity index (χ1n) is 8.90. The molecule has 4 rings (SSSR count). The van der Waals surface area contributed by atoms with Gasteiger partial charge in [0.25, 0.3) is 5.91 Å². The van der Waals surface area contributed by atoms with Crippen molar-refractivity contribution < 1.29 is 13.9 Å². The Labute approximate surface area is 161 Å². The second kappa shape index (κ2) is 8.06. The Bertz CT molecular complexity index is 875. The summed E-state index contributed by atoms with van der Waals surface area (Å²) >= 11 is 1.50. The van der Waals surface area contributed by atoms with Gasteiger partial charge in [0.05, 0.1) is 11.8 Å². The molecule has 2 aliphatic rings. The number of aliphatic imine (C=N–C) groups is 1. The van der Waals surface area contributed by atoms with Crippen LogP contribution in [0.2, 0.25) is 0 Å². The topological polar surface area (TPSA) is 41.9 Å². The lowest BCUT2D eigenvalue weighted by molar-refractivity contribution is -0.113. The van der Waals surface area contributed by atoms with Crippen LogP contribution < -0.4 is 4.90 Å². The maximum Gasteiger partial charge on any atom is 0.283 e. The summed E-state index contributed by atoms with van der Waals surface area (Å²) in [5, 5.41) is 0.601. The average Bonchev–Trinajstić information content (AvgIpc) is 3.30. The number of anilines is 1. The van der Waals surface area contributed by atoms with Crippen molar-refractivity contribution in [3.05, 3.63) is 71.7 Å². The third-order valence-corrected chi connectivity index (χ3v) is 5.51. The highest BCUT2D eigenvalue weighted by atomic mass is 32.2. The van der Waals surface area contributed by atoms with Crippen LogP contribution in [0, 0.1) is 5.82 Å². The van der Waals surface area contributed by atoms with Crippen molar-refractivity contribution in [3.63, 3.8) is 0 Å². The predicted molar refractivity (Wildman–Crippen MR) is 107 cm³/mol. The van der Waals surface area contributed by atoms with E-state index >= 15 is 0 Å². The molecule has 0 saturated carbocycles. The van der Waals surface area contributed by atoms with Crippen LogP contribution in [0.3, 0.4) is 0 Å². The molecule has 2 aliphatic heterocycles. The van der Waals surface area contributed by atoms with E-state index < -0.39 is 0 Å². The Morgan fingerprint density at radius 3 is 2.67 bits per heavy atom. The van der Waals surface area contributed by atoms with Crippen LogP contribution >= 0.6 is 11.8 Å². The largest absolute Gasteiger partial charge is 0.377 e. The van der Waals surface area contributed by atoms with Crippen LogP contribution in [-0.4, -0.2) is 29.5 Å². The smallest absolute Gasteiger partial charge is 0.283 e. The van der Waals surface area contributed by atoms with Gasteiger partial charge in [-0.1, -0.05) is 42.1 Å². The fraction of sp³-hybridized carbons (Fsp3) is 0.238. The van der Waals surface area contributed by atoms with Crippen LogP contribution in [0.5, 0.6) is 0 Å². The number of hydrogen-bond donors (Lipinski definition) is 0. The number of benzene rings is 2. The molecule has 0 spiro atoms. The van der Waals surface area contributed by atoms with Gasteiger partial charge >= 0.3 is 0 Å². The third-order valence-electron chi connectivity index (χ3n) is 4.44. The van der Waals surface area contributed by atoms with E-state index in [2.05, 4.69) is 4.99 Å². The van der Waals surface area contributed by atoms with Gasteiger partial charge in [0, 0.05) is 12.4 Å². The van der Waals surface area contributed by atoms with E-state index in [1.165, 1.54) is 23.9 Å². The number of rotatable bonds is 4. The van der Waals surface area contributed by atoms with Crippen molar-refractivity contribution in [1.29, 1.82) is 0 Å². The molecule has 0 bridgehead atoms. The molecule has 2 heterocycles. The minimum Gasteiger partial charge on any atom is -0.377 e. The highest BCUT2D eigenvalue weighted by Gasteiger charge is 2.32. The molecule has 1 fully saturated rings. The second-order valence-electron chi connectivity index (χ2n) is 6.40. The van der Waals surface area contributed by atoms with Gasteiger partial charge in [-0.3, -0.25) is 9.69 Å². The predicted octanol–water partition coefficient (Wildman–Crippen LogP) is 4.48. The molecular formula is C21H19FN2O2S. The summed E-state index contributed by atoms with van der Waals surface area (Å²) in [5.41, 5.74) is 1.89. The first kappa shape index (κ1) is 17.9. The summed E-state index contributed by atoms with van der Waals surface area (Å²) in [5.74, 6) is 0.193. The lowest BCUT2D eigenvalue weighted by Crippen LogP contribution is -2.31. The highest BCUT2D eigenvalue weighted by Crippen LogP contribution is 2.31. The zero-order valence-electron chi connectivity index (χ0n) is 14.7. The molecule has 6 heteroatoms. The van der Waals surface area contributed by atoms with Gasteiger partial charge in [-0.25, -0.2) is 9.38 Å². The molecule has 0 N–H and O–H groups in total. The Morgan fingerprint density at radius 2 is 1.96 bits per heavy atom. The van der Waals surface area contributed by atoms with Gasteiger partial charge in [-0.05, 0) is 48.7 Å². The van der Waals surface area contributed by atoms with Crippen LogP contribution in [0.1, 0.15) is 18.4 Å². The number of carbonyl (C=O) groups excluding carboxylic acids is 1. The fourth-order valence-corrected chi connectivity index (χ4v) is 4.14. The van der Waals surface area contributed by atoms with E-state index in [0.717, 1.165) is 30.8 Å². The number of halogens is 1. The van der Waals surface area contributed by atoms with E-state index in [0.29, 0.717) is 16.6 Å². The van der Waals surface area contributed by atoms with Crippen molar-refractivity contribution in [2.75, 3.05) is 17.3 Å². The van der Waals surface area contributed by atoms with Crippen molar-refractivity contribution >= 4 is 34.6 Å². The lowest BCUT2D eigenvalue weighted by Gasteiger charge is -2.18. The molecule has 0 aromatic heterocycles.